The predicted molar refractivity (Wildman–Crippen MR) is 52.0 cm³/mol. The largest absolute Gasteiger partial charge is 0.479 e. The molecule has 0 radical (unpaired) electrons. The summed E-state index contributed by atoms with van der Waals surface area (Å²) in [6.07, 6.45) is 3.20. The Bertz CT molecular complexity index is 247. The number of hydrogen-bond acceptors (Lipinski definition) is 2. The Morgan fingerprint density at radius 3 is 2.71 bits per heavy atom. The van der Waals surface area contributed by atoms with Crippen LogP contribution in [0.1, 0.15) is 39.5 Å². The monoisotopic (exact) mass is 198 g/mol. The molecule has 3 nitrogen and oxygen atoms in total. The molecule has 0 aromatic rings. The third-order valence-electron chi connectivity index (χ3n) is 4.07. The van der Waals surface area contributed by atoms with Crippen molar-refractivity contribution in [2.45, 2.75) is 51.2 Å². The van der Waals surface area contributed by atoms with Gasteiger partial charge in [0.05, 0.1) is 5.60 Å². The highest BCUT2D eigenvalue weighted by molar-refractivity contribution is 5.72. The van der Waals surface area contributed by atoms with Gasteiger partial charge in [-0.05, 0) is 37.5 Å². The second-order valence-corrected chi connectivity index (χ2v) is 4.87. The lowest BCUT2D eigenvalue weighted by Crippen LogP contribution is -2.58. The molecule has 0 aromatic carbocycles. The van der Waals surface area contributed by atoms with Crippen molar-refractivity contribution in [1.29, 1.82) is 0 Å². The molecule has 2 aliphatic rings. The van der Waals surface area contributed by atoms with Crippen LogP contribution in [0.15, 0.2) is 0 Å². The van der Waals surface area contributed by atoms with E-state index in [1.807, 2.05) is 0 Å². The van der Waals surface area contributed by atoms with E-state index in [0.717, 1.165) is 19.3 Å². The fourth-order valence-electron chi connectivity index (χ4n) is 2.91. The van der Waals surface area contributed by atoms with Crippen molar-refractivity contribution in [2.75, 3.05) is 0 Å². The molecule has 1 spiro atoms. The van der Waals surface area contributed by atoms with E-state index in [-0.39, 0.29) is 5.60 Å². The van der Waals surface area contributed by atoms with E-state index in [0.29, 0.717) is 18.3 Å². The zero-order valence-corrected chi connectivity index (χ0v) is 8.82. The van der Waals surface area contributed by atoms with Gasteiger partial charge in [0.1, 0.15) is 0 Å². The summed E-state index contributed by atoms with van der Waals surface area (Å²) in [4.78, 5) is 10.8. The first-order valence-electron chi connectivity index (χ1n) is 5.46. The summed E-state index contributed by atoms with van der Waals surface area (Å²) in [7, 11) is 0. The third-order valence-corrected chi connectivity index (χ3v) is 4.07. The lowest BCUT2D eigenvalue weighted by molar-refractivity contribution is -0.227. The molecule has 1 saturated heterocycles. The van der Waals surface area contributed by atoms with Gasteiger partial charge in [-0.3, -0.25) is 0 Å². The molecular weight excluding hydrogens is 180 g/mol. The highest BCUT2D eigenvalue weighted by Gasteiger charge is 2.53. The molecule has 80 valence electrons. The van der Waals surface area contributed by atoms with E-state index in [9.17, 15) is 4.79 Å². The molecule has 4 atom stereocenters. The summed E-state index contributed by atoms with van der Waals surface area (Å²) in [5.41, 5.74) is -0.0965. The Morgan fingerprint density at radius 2 is 2.21 bits per heavy atom. The number of carboxylic acid groups (broad SMARTS) is 1. The van der Waals surface area contributed by atoms with Crippen LogP contribution in [0.2, 0.25) is 0 Å². The second-order valence-electron chi connectivity index (χ2n) is 4.87. The lowest BCUT2D eigenvalue weighted by atomic mass is 9.60. The minimum absolute atomic E-state index is 0.0965. The molecule has 2 rings (SSSR count). The first-order chi connectivity index (χ1) is 6.55. The average molecular weight is 198 g/mol. The number of rotatable bonds is 1. The van der Waals surface area contributed by atoms with Gasteiger partial charge in [-0.2, -0.15) is 0 Å². The van der Waals surface area contributed by atoms with Crippen LogP contribution in [0.4, 0.5) is 0 Å². The molecule has 14 heavy (non-hydrogen) atoms. The van der Waals surface area contributed by atoms with Crippen LogP contribution < -0.4 is 0 Å². The molecule has 1 heterocycles. The normalized spacial score (nSPS) is 47.4. The molecule has 1 saturated carbocycles. The second kappa shape index (κ2) is 3.23. The van der Waals surface area contributed by atoms with Gasteiger partial charge >= 0.3 is 5.97 Å². The SMILES string of the molecule is CC1CC2(CCCC(C(=O)O)O2)C1C. The minimum Gasteiger partial charge on any atom is -0.479 e. The van der Waals surface area contributed by atoms with Gasteiger partial charge in [0.25, 0.3) is 0 Å². The lowest BCUT2D eigenvalue weighted by Gasteiger charge is -2.55. The van der Waals surface area contributed by atoms with E-state index in [4.69, 9.17) is 9.84 Å². The van der Waals surface area contributed by atoms with Gasteiger partial charge in [0.2, 0.25) is 0 Å². The van der Waals surface area contributed by atoms with Gasteiger partial charge in [-0.15, -0.1) is 0 Å². The molecule has 2 fully saturated rings. The van der Waals surface area contributed by atoms with Crippen molar-refractivity contribution >= 4 is 5.97 Å². The van der Waals surface area contributed by atoms with Crippen molar-refractivity contribution in [3.63, 3.8) is 0 Å². The summed E-state index contributed by atoms with van der Waals surface area (Å²) in [5.74, 6) is 0.406. The Kier molecular flexibility index (Phi) is 2.30. The Balaban J connectivity index is 2.04. The smallest absolute Gasteiger partial charge is 0.332 e. The van der Waals surface area contributed by atoms with E-state index in [1.54, 1.807) is 0 Å². The van der Waals surface area contributed by atoms with Gasteiger partial charge < -0.3 is 9.84 Å². The Hall–Kier alpha value is -0.570. The maximum absolute atomic E-state index is 10.8. The van der Waals surface area contributed by atoms with Crippen molar-refractivity contribution in [3.8, 4) is 0 Å². The molecular formula is C11H18O3. The highest BCUT2D eigenvalue weighted by atomic mass is 16.5. The summed E-state index contributed by atoms with van der Waals surface area (Å²) < 4.78 is 5.75. The van der Waals surface area contributed by atoms with Crippen LogP contribution in [-0.2, 0) is 9.53 Å². The number of carboxylic acids is 1. The zero-order chi connectivity index (χ0) is 10.3. The molecule has 3 heteroatoms. The molecule has 1 N–H and O–H groups in total. The fraction of sp³-hybridized carbons (Fsp3) is 0.909. The standard InChI is InChI=1S/C11H18O3/c1-7-6-11(8(7)2)5-3-4-9(14-11)10(12)13/h7-9H,3-6H2,1-2H3,(H,12,13). The van der Waals surface area contributed by atoms with Gasteiger partial charge in [-0.1, -0.05) is 13.8 Å². The topological polar surface area (TPSA) is 46.5 Å². The van der Waals surface area contributed by atoms with Crippen LogP contribution in [0.5, 0.6) is 0 Å². The van der Waals surface area contributed by atoms with Gasteiger partial charge in [0, 0.05) is 0 Å². The quantitative estimate of drug-likeness (QED) is 0.701. The van der Waals surface area contributed by atoms with Crippen LogP contribution in [0.25, 0.3) is 0 Å². The maximum Gasteiger partial charge on any atom is 0.332 e. The highest BCUT2D eigenvalue weighted by Crippen LogP contribution is 2.51. The third kappa shape index (κ3) is 1.34. The number of hydrogen-bond donors (Lipinski definition) is 1. The summed E-state index contributed by atoms with van der Waals surface area (Å²) in [6, 6.07) is 0. The molecule has 1 aliphatic heterocycles. The van der Waals surface area contributed by atoms with Crippen LogP contribution >= 0.6 is 0 Å². The Morgan fingerprint density at radius 1 is 1.50 bits per heavy atom. The first-order valence-corrected chi connectivity index (χ1v) is 5.46. The number of aliphatic carboxylic acids is 1. The van der Waals surface area contributed by atoms with Gasteiger partial charge in [0.15, 0.2) is 6.10 Å². The van der Waals surface area contributed by atoms with E-state index in [2.05, 4.69) is 13.8 Å². The van der Waals surface area contributed by atoms with Crippen molar-refractivity contribution in [1.82, 2.24) is 0 Å². The number of carbonyl (C=O) groups is 1. The van der Waals surface area contributed by atoms with Crippen molar-refractivity contribution in [2.24, 2.45) is 11.8 Å². The molecule has 0 aromatic heterocycles. The summed E-state index contributed by atoms with van der Waals surface area (Å²) >= 11 is 0. The van der Waals surface area contributed by atoms with Crippen molar-refractivity contribution in [3.05, 3.63) is 0 Å². The summed E-state index contributed by atoms with van der Waals surface area (Å²) in [5, 5.41) is 8.92. The first kappa shape index (κ1) is 9.97. The van der Waals surface area contributed by atoms with Gasteiger partial charge in [-0.25, -0.2) is 4.79 Å². The Labute approximate surface area is 84.4 Å². The van der Waals surface area contributed by atoms with E-state index < -0.39 is 12.1 Å². The average Bonchev–Trinajstić information content (AvgIpc) is 2.18. The predicted octanol–water partition coefficient (Wildman–Crippen LogP) is 2.05. The molecule has 1 aliphatic carbocycles. The molecule has 4 unspecified atom stereocenters. The maximum atomic E-state index is 10.8. The summed E-state index contributed by atoms with van der Waals surface area (Å²) in [6.45, 7) is 4.39. The van der Waals surface area contributed by atoms with Crippen LogP contribution in [-0.4, -0.2) is 22.8 Å². The zero-order valence-electron chi connectivity index (χ0n) is 8.82. The minimum atomic E-state index is -0.796. The van der Waals surface area contributed by atoms with E-state index >= 15 is 0 Å². The van der Waals surface area contributed by atoms with Crippen LogP contribution in [0.3, 0.4) is 0 Å². The molecule has 0 amide bonds. The van der Waals surface area contributed by atoms with Crippen LogP contribution in [0, 0.1) is 11.8 Å². The fourth-order valence-corrected chi connectivity index (χ4v) is 2.91. The molecule has 0 bridgehead atoms. The van der Waals surface area contributed by atoms with Crippen molar-refractivity contribution < 1.29 is 14.6 Å². The number of ether oxygens (including phenoxy) is 1. The van der Waals surface area contributed by atoms with E-state index in [1.165, 1.54) is 0 Å².